The van der Waals surface area contributed by atoms with Gasteiger partial charge in [0.1, 0.15) is 6.10 Å². The maximum atomic E-state index is 13.0. The minimum atomic E-state index is -1.88. The van der Waals surface area contributed by atoms with Gasteiger partial charge in [-0.3, -0.25) is 4.90 Å². The van der Waals surface area contributed by atoms with Crippen molar-refractivity contribution < 1.29 is 19.1 Å². The second-order valence-electron chi connectivity index (χ2n) is 6.81. The Labute approximate surface area is 154 Å². The third-order valence-electron chi connectivity index (χ3n) is 5.35. The fraction of sp³-hybridized carbons (Fsp3) is 0.421. The van der Waals surface area contributed by atoms with Crippen molar-refractivity contribution in [3.8, 4) is 0 Å². The van der Waals surface area contributed by atoms with Crippen LogP contribution in [0.5, 0.6) is 0 Å². The highest BCUT2D eigenvalue weighted by molar-refractivity contribution is 9.10. The van der Waals surface area contributed by atoms with E-state index in [1.165, 1.54) is 12.5 Å². The molecular formula is C19H20BrNO4. The van der Waals surface area contributed by atoms with Gasteiger partial charge in [0.15, 0.2) is 0 Å². The molecule has 132 valence electrons. The molecule has 3 saturated heterocycles. The molecular weight excluding hydrogens is 386 g/mol. The van der Waals surface area contributed by atoms with Crippen LogP contribution in [0.2, 0.25) is 0 Å². The first kappa shape index (κ1) is 16.8. The van der Waals surface area contributed by atoms with Crippen LogP contribution < -0.4 is 0 Å². The number of halogens is 1. The largest absolute Gasteiger partial charge is 0.472 e. The number of aliphatic hydroxyl groups is 1. The molecule has 0 spiro atoms. The molecule has 0 radical (unpaired) electrons. The van der Waals surface area contributed by atoms with E-state index in [-0.39, 0.29) is 6.10 Å². The number of benzene rings is 1. The molecule has 2 atom stereocenters. The molecule has 25 heavy (non-hydrogen) atoms. The maximum absolute atomic E-state index is 13.0. The molecule has 3 fully saturated rings. The molecule has 5 nitrogen and oxygen atoms in total. The van der Waals surface area contributed by atoms with E-state index in [4.69, 9.17) is 9.15 Å². The van der Waals surface area contributed by atoms with Crippen LogP contribution in [0.4, 0.5) is 0 Å². The minimum Gasteiger partial charge on any atom is -0.472 e. The van der Waals surface area contributed by atoms with Crippen LogP contribution in [0.1, 0.15) is 24.0 Å². The Morgan fingerprint density at radius 1 is 1.20 bits per heavy atom. The number of fused-ring (bicyclic) bond motifs is 3. The number of ether oxygens (including phenoxy) is 1. The van der Waals surface area contributed by atoms with Crippen molar-refractivity contribution in [3.63, 3.8) is 0 Å². The highest BCUT2D eigenvalue weighted by Crippen LogP contribution is 2.35. The third kappa shape index (κ3) is 3.03. The van der Waals surface area contributed by atoms with Crippen LogP contribution >= 0.6 is 15.9 Å². The lowest BCUT2D eigenvalue weighted by Crippen LogP contribution is -2.53. The Morgan fingerprint density at radius 3 is 2.48 bits per heavy atom. The van der Waals surface area contributed by atoms with Gasteiger partial charge in [-0.1, -0.05) is 28.1 Å². The van der Waals surface area contributed by atoms with Crippen LogP contribution in [0.3, 0.4) is 0 Å². The third-order valence-corrected chi connectivity index (χ3v) is 5.88. The van der Waals surface area contributed by atoms with Crippen molar-refractivity contribution >= 4 is 21.9 Å². The zero-order chi connectivity index (χ0) is 17.4. The Kier molecular flexibility index (Phi) is 4.43. The predicted molar refractivity (Wildman–Crippen MR) is 94.9 cm³/mol. The molecule has 0 saturated carbocycles. The van der Waals surface area contributed by atoms with Crippen molar-refractivity contribution in [1.29, 1.82) is 0 Å². The topological polar surface area (TPSA) is 62.9 Å². The summed E-state index contributed by atoms with van der Waals surface area (Å²) in [4.78, 5) is 15.4. The molecule has 3 aliphatic rings. The van der Waals surface area contributed by atoms with Gasteiger partial charge in [0.2, 0.25) is 5.60 Å². The second kappa shape index (κ2) is 6.59. The molecule has 1 aromatic carbocycles. The van der Waals surface area contributed by atoms with E-state index >= 15 is 0 Å². The number of hydrogen-bond acceptors (Lipinski definition) is 5. The van der Waals surface area contributed by atoms with E-state index in [9.17, 15) is 9.90 Å². The molecule has 0 aliphatic carbocycles. The van der Waals surface area contributed by atoms with E-state index in [0.29, 0.717) is 17.0 Å². The van der Waals surface area contributed by atoms with E-state index in [1.54, 1.807) is 30.3 Å². The molecule has 5 rings (SSSR count). The van der Waals surface area contributed by atoms with Gasteiger partial charge in [-0.2, -0.15) is 0 Å². The molecule has 3 aliphatic heterocycles. The average molecular weight is 406 g/mol. The summed E-state index contributed by atoms with van der Waals surface area (Å²) in [6.07, 6.45) is 4.75. The Morgan fingerprint density at radius 2 is 1.92 bits per heavy atom. The number of rotatable bonds is 4. The number of esters is 1. The van der Waals surface area contributed by atoms with E-state index < -0.39 is 11.6 Å². The van der Waals surface area contributed by atoms with Crippen molar-refractivity contribution in [2.24, 2.45) is 5.92 Å². The zero-order valence-corrected chi connectivity index (χ0v) is 15.3. The summed E-state index contributed by atoms with van der Waals surface area (Å²) in [5.74, 6) is -0.262. The number of carbonyl (C=O) groups is 1. The van der Waals surface area contributed by atoms with Gasteiger partial charge < -0.3 is 14.3 Å². The Balaban J connectivity index is 1.64. The minimum absolute atomic E-state index is 0.163. The van der Waals surface area contributed by atoms with Crippen LogP contribution in [0.25, 0.3) is 0 Å². The van der Waals surface area contributed by atoms with E-state index in [0.717, 1.165) is 36.9 Å². The monoisotopic (exact) mass is 405 g/mol. The molecule has 6 heteroatoms. The number of furan rings is 1. The van der Waals surface area contributed by atoms with Gasteiger partial charge >= 0.3 is 5.97 Å². The molecule has 4 heterocycles. The van der Waals surface area contributed by atoms with Gasteiger partial charge in [0.25, 0.3) is 0 Å². The lowest BCUT2D eigenvalue weighted by atomic mass is 9.85. The highest BCUT2D eigenvalue weighted by Gasteiger charge is 2.46. The molecule has 2 bridgehead atoms. The van der Waals surface area contributed by atoms with Gasteiger partial charge in [0, 0.05) is 16.6 Å². The van der Waals surface area contributed by atoms with E-state index in [1.807, 2.05) is 0 Å². The molecule has 1 N–H and O–H groups in total. The normalized spacial score (nSPS) is 27.7. The smallest absolute Gasteiger partial charge is 0.348 e. The Hall–Kier alpha value is -1.63. The predicted octanol–water partition coefficient (Wildman–Crippen LogP) is 2.92. The Bertz CT molecular complexity index is 737. The first-order chi connectivity index (χ1) is 12.1. The SMILES string of the molecule is O=C(OC1CN2CCC1CC2)C(O)(c1ccc(Br)cc1)c1ccoc1. The number of hydrogen-bond donors (Lipinski definition) is 1. The fourth-order valence-corrected chi connectivity index (χ4v) is 4.10. The van der Waals surface area contributed by atoms with Crippen LogP contribution in [-0.2, 0) is 15.1 Å². The number of nitrogens with zero attached hydrogens (tertiary/aromatic N) is 1. The van der Waals surface area contributed by atoms with Crippen molar-refractivity contribution in [3.05, 3.63) is 58.5 Å². The summed E-state index contributed by atoms with van der Waals surface area (Å²) < 4.78 is 11.8. The lowest BCUT2D eigenvalue weighted by Gasteiger charge is -2.44. The van der Waals surface area contributed by atoms with Crippen LogP contribution in [0, 0.1) is 5.92 Å². The fourth-order valence-electron chi connectivity index (χ4n) is 3.83. The quantitative estimate of drug-likeness (QED) is 0.792. The standard InChI is InChI=1S/C19H20BrNO4/c20-16-3-1-14(2-4-16)19(23,15-7-10-24-12-15)18(22)25-17-11-21-8-5-13(17)6-9-21/h1-4,7,10,12-13,17,23H,5-6,8-9,11H2. The maximum Gasteiger partial charge on any atom is 0.348 e. The summed E-state index contributed by atoms with van der Waals surface area (Å²) in [5, 5.41) is 11.3. The second-order valence-corrected chi connectivity index (χ2v) is 7.73. The summed E-state index contributed by atoms with van der Waals surface area (Å²) in [7, 11) is 0. The van der Waals surface area contributed by atoms with Crippen LogP contribution in [0.15, 0.2) is 51.7 Å². The van der Waals surface area contributed by atoms with Gasteiger partial charge in [-0.05, 0) is 55.6 Å². The first-order valence-electron chi connectivity index (χ1n) is 8.52. The summed E-state index contributed by atoms with van der Waals surface area (Å²) in [6.45, 7) is 2.88. The molecule has 0 amide bonds. The van der Waals surface area contributed by atoms with Crippen molar-refractivity contribution in [2.75, 3.05) is 19.6 Å². The summed E-state index contributed by atoms with van der Waals surface area (Å²) in [5.41, 5.74) is -1.04. The van der Waals surface area contributed by atoms with Gasteiger partial charge in [0.05, 0.1) is 12.5 Å². The lowest BCUT2D eigenvalue weighted by molar-refractivity contribution is -0.177. The van der Waals surface area contributed by atoms with Gasteiger partial charge in [-0.25, -0.2) is 4.79 Å². The average Bonchev–Trinajstić information content (AvgIpc) is 3.18. The highest BCUT2D eigenvalue weighted by atomic mass is 79.9. The summed E-state index contributed by atoms with van der Waals surface area (Å²) in [6, 6.07) is 8.62. The first-order valence-corrected chi connectivity index (χ1v) is 9.31. The van der Waals surface area contributed by atoms with Crippen molar-refractivity contribution in [1.82, 2.24) is 4.90 Å². The number of piperidine rings is 3. The molecule has 2 unspecified atom stereocenters. The molecule has 1 aromatic heterocycles. The number of carbonyl (C=O) groups excluding carboxylic acids is 1. The van der Waals surface area contributed by atoms with Gasteiger partial charge in [-0.15, -0.1) is 0 Å². The van der Waals surface area contributed by atoms with Crippen LogP contribution in [-0.4, -0.2) is 41.7 Å². The zero-order valence-electron chi connectivity index (χ0n) is 13.7. The van der Waals surface area contributed by atoms with E-state index in [2.05, 4.69) is 20.8 Å². The van der Waals surface area contributed by atoms with Crippen molar-refractivity contribution in [2.45, 2.75) is 24.5 Å². The molecule has 2 aromatic rings. The summed E-state index contributed by atoms with van der Waals surface area (Å²) >= 11 is 3.38.